The van der Waals surface area contributed by atoms with Crippen LogP contribution in [0, 0.1) is 25.2 Å². The molecule has 0 atom stereocenters. The molecule has 0 amide bonds. The normalized spacial score (nSPS) is 10.9. The van der Waals surface area contributed by atoms with Crippen molar-refractivity contribution in [3.63, 3.8) is 0 Å². The number of H-pyrrole nitrogens is 3. The summed E-state index contributed by atoms with van der Waals surface area (Å²) < 4.78 is 0. The number of nitrogens with one attached hydrogen (secondary N) is 3. The summed E-state index contributed by atoms with van der Waals surface area (Å²) in [5.41, 5.74) is 1.32. The first-order valence-electron chi connectivity index (χ1n) is 4.77. The summed E-state index contributed by atoms with van der Waals surface area (Å²) >= 11 is 0. The zero-order valence-electron chi connectivity index (χ0n) is 9.20. The van der Waals surface area contributed by atoms with Crippen LogP contribution in [0.5, 0.6) is 0 Å². The van der Waals surface area contributed by atoms with Crippen molar-refractivity contribution in [3.8, 4) is 6.07 Å². The van der Waals surface area contributed by atoms with Crippen molar-refractivity contribution < 1.29 is 0 Å². The van der Waals surface area contributed by atoms with E-state index in [2.05, 4.69) is 30.6 Å². The molecular weight excluding hydrogens is 222 g/mol. The molecule has 8 nitrogen and oxygen atoms in total. The van der Waals surface area contributed by atoms with E-state index in [0.29, 0.717) is 17.0 Å². The van der Waals surface area contributed by atoms with Gasteiger partial charge in [0.05, 0.1) is 11.4 Å². The van der Waals surface area contributed by atoms with E-state index in [1.165, 1.54) is 0 Å². The maximum atomic E-state index is 11.3. The zero-order chi connectivity index (χ0) is 12.4. The molecule has 0 unspecified atom stereocenters. The molecule has 3 N–H and O–H groups in total. The summed E-state index contributed by atoms with van der Waals surface area (Å²) in [6.45, 7) is 3.40. The average Bonchev–Trinajstić information content (AvgIpc) is 2.81. The molecular formula is C9H9N7O. The van der Waals surface area contributed by atoms with Gasteiger partial charge in [-0.1, -0.05) is 0 Å². The molecule has 2 rings (SSSR count). The van der Waals surface area contributed by atoms with Gasteiger partial charge in [-0.25, -0.2) is 0 Å². The first-order valence-corrected chi connectivity index (χ1v) is 4.77. The van der Waals surface area contributed by atoms with Crippen LogP contribution in [0.1, 0.15) is 17.0 Å². The van der Waals surface area contributed by atoms with Crippen molar-refractivity contribution in [2.45, 2.75) is 13.8 Å². The lowest BCUT2D eigenvalue weighted by Crippen LogP contribution is -1.96. The molecule has 17 heavy (non-hydrogen) atoms. The van der Waals surface area contributed by atoms with Crippen LogP contribution in [0.25, 0.3) is 0 Å². The lowest BCUT2D eigenvalue weighted by Gasteiger charge is -1.86. The third-order valence-corrected chi connectivity index (χ3v) is 2.22. The van der Waals surface area contributed by atoms with Crippen LogP contribution < -0.4 is 5.56 Å². The van der Waals surface area contributed by atoms with Crippen LogP contribution in [0.15, 0.2) is 15.0 Å². The smallest absolute Gasteiger partial charge is 0.291 e. The Morgan fingerprint density at radius 2 is 2.00 bits per heavy atom. The summed E-state index contributed by atoms with van der Waals surface area (Å²) in [4.78, 5) is 11.3. The minimum absolute atomic E-state index is 0.171. The third-order valence-electron chi connectivity index (χ3n) is 2.22. The monoisotopic (exact) mass is 231 g/mol. The predicted octanol–water partition coefficient (Wildman–Crippen LogP) is 1.33. The largest absolute Gasteiger partial charge is 0.300 e. The van der Waals surface area contributed by atoms with Gasteiger partial charge in [0.15, 0.2) is 5.69 Å². The second kappa shape index (κ2) is 4.05. The predicted molar refractivity (Wildman–Crippen MR) is 58.4 cm³/mol. The quantitative estimate of drug-likeness (QED) is 0.674. The van der Waals surface area contributed by atoms with Gasteiger partial charge in [0.1, 0.15) is 11.6 Å². The molecule has 8 heteroatoms. The number of aromatic nitrogens is 4. The second-order valence-corrected chi connectivity index (χ2v) is 3.41. The van der Waals surface area contributed by atoms with Crippen LogP contribution in [0.3, 0.4) is 0 Å². The maximum absolute atomic E-state index is 11.3. The summed E-state index contributed by atoms with van der Waals surface area (Å²) in [5, 5.41) is 27.9. The highest BCUT2D eigenvalue weighted by Crippen LogP contribution is 2.20. The van der Waals surface area contributed by atoms with E-state index in [4.69, 9.17) is 5.26 Å². The number of hydrogen-bond acceptors (Lipinski definition) is 5. The Morgan fingerprint density at radius 3 is 2.59 bits per heavy atom. The van der Waals surface area contributed by atoms with Crippen LogP contribution in [0.4, 0.5) is 11.5 Å². The highest BCUT2D eigenvalue weighted by Gasteiger charge is 2.10. The van der Waals surface area contributed by atoms with Gasteiger partial charge in [0.2, 0.25) is 5.82 Å². The van der Waals surface area contributed by atoms with Crippen LogP contribution in [-0.4, -0.2) is 20.4 Å². The van der Waals surface area contributed by atoms with Gasteiger partial charge in [0.25, 0.3) is 5.56 Å². The first kappa shape index (κ1) is 10.8. The van der Waals surface area contributed by atoms with Crippen LogP contribution >= 0.6 is 0 Å². The molecule has 0 aliphatic heterocycles. The molecule has 0 saturated carbocycles. The van der Waals surface area contributed by atoms with Crippen molar-refractivity contribution in [1.29, 1.82) is 5.26 Å². The van der Waals surface area contributed by atoms with Crippen molar-refractivity contribution in [3.05, 3.63) is 27.3 Å². The number of aromatic amines is 3. The summed E-state index contributed by atoms with van der Waals surface area (Å²) in [5.74, 6) is 0.171. The van der Waals surface area contributed by atoms with Gasteiger partial charge < -0.3 is 5.10 Å². The molecule has 2 aromatic rings. The van der Waals surface area contributed by atoms with Crippen molar-refractivity contribution in [2.75, 3.05) is 0 Å². The molecule has 0 bridgehead atoms. The van der Waals surface area contributed by atoms with E-state index in [1.54, 1.807) is 13.8 Å². The Hall–Kier alpha value is -2.69. The molecule has 0 fully saturated rings. The maximum Gasteiger partial charge on any atom is 0.291 e. The Morgan fingerprint density at radius 1 is 1.24 bits per heavy atom. The molecule has 2 heterocycles. The molecule has 0 saturated heterocycles. The van der Waals surface area contributed by atoms with Gasteiger partial charge in [-0.3, -0.25) is 15.0 Å². The van der Waals surface area contributed by atoms with E-state index in [-0.39, 0.29) is 17.1 Å². The second-order valence-electron chi connectivity index (χ2n) is 3.41. The zero-order valence-corrected chi connectivity index (χ0v) is 9.20. The highest BCUT2D eigenvalue weighted by atomic mass is 16.1. The molecule has 0 aliphatic carbocycles. The lowest BCUT2D eigenvalue weighted by molar-refractivity contribution is 1.02. The Balaban J connectivity index is 2.40. The van der Waals surface area contributed by atoms with E-state index >= 15 is 0 Å². The fourth-order valence-corrected chi connectivity index (χ4v) is 1.28. The van der Waals surface area contributed by atoms with Crippen molar-refractivity contribution in [2.24, 2.45) is 10.2 Å². The number of nitriles is 1. The summed E-state index contributed by atoms with van der Waals surface area (Å²) in [6.07, 6.45) is 0. The van der Waals surface area contributed by atoms with E-state index in [9.17, 15) is 4.79 Å². The molecule has 0 aromatic carbocycles. The van der Waals surface area contributed by atoms with Crippen molar-refractivity contribution in [1.82, 2.24) is 20.4 Å². The molecule has 0 radical (unpaired) electrons. The fraction of sp³-hybridized carbons (Fsp3) is 0.222. The lowest BCUT2D eigenvalue weighted by atomic mass is 10.3. The number of nitrogens with zero attached hydrogens (tertiary/aromatic N) is 4. The van der Waals surface area contributed by atoms with Crippen LogP contribution in [0.2, 0.25) is 0 Å². The average molecular weight is 231 g/mol. The Bertz CT molecular complexity index is 666. The van der Waals surface area contributed by atoms with Gasteiger partial charge in [0, 0.05) is 0 Å². The SMILES string of the molecule is Cc1[nH]nc(N=Nc2c(C)[nH][nH]c2=O)c1C#N. The minimum atomic E-state index is -0.364. The third kappa shape index (κ3) is 1.85. The van der Waals surface area contributed by atoms with Crippen LogP contribution in [-0.2, 0) is 0 Å². The minimum Gasteiger partial charge on any atom is -0.300 e. The molecule has 0 spiro atoms. The molecule has 86 valence electrons. The summed E-state index contributed by atoms with van der Waals surface area (Å²) in [7, 11) is 0. The fourth-order valence-electron chi connectivity index (χ4n) is 1.28. The number of aryl methyl sites for hydroxylation is 2. The van der Waals surface area contributed by atoms with Gasteiger partial charge >= 0.3 is 0 Å². The topological polar surface area (TPSA) is 126 Å². The number of hydrogen-bond donors (Lipinski definition) is 3. The number of azo groups is 1. The first-order chi connectivity index (χ1) is 8.13. The van der Waals surface area contributed by atoms with E-state index in [0.717, 1.165) is 0 Å². The Labute approximate surface area is 95.4 Å². The Kier molecular flexibility index (Phi) is 2.58. The van der Waals surface area contributed by atoms with Gasteiger partial charge in [-0.05, 0) is 13.8 Å². The number of rotatable bonds is 2. The van der Waals surface area contributed by atoms with Gasteiger partial charge in [-0.2, -0.15) is 10.4 Å². The summed E-state index contributed by atoms with van der Waals surface area (Å²) in [6, 6.07) is 1.96. The molecule has 2 aromatic heterocycles. The highest BCUT2D eigenvalue weighted by molar-refractivity contribution is 5.50. The van der Waals surface area contributed by atoms with Gasteiger partial charge in [-0.15, -0.1) is 10.2 Å². The van der Waals surface area contributed by atoms with Crippen molar-refractivity contribution >= 4 is 11.5 Å². The molecule has 0 aliphatic rings. The van der Waals surface area contributed by atoms with E-state index in [1.807, 2.05) is 6.07 Å². The van der Waals surface area contributed by atoms with E-state index < -0.39 is 0 Å². The standard InChI is InChI=1S/C9H9N7O/c1-4-6(3-10)8(14-11-4)15-13-7-5(2)12-16-9(7)17/h1-2H3,(H,11,14)(H2,12,16,17).